The molecule has 6 nitrogen and oxygen atoms in total. The molecule has 0 bridgehead atoms. The third-order valence-electron chi connectivity index (χ3n) is 5.73. The Labute approximate surface area is 183 Å². The molecule has 32 heavy (non-hydrogen) atoms. The van der Waals surface area contributed by atoms with Gasteiger partial charge < -0.3 is 15.4 Å². The molecular formula is C23H23F3N4O2. The standard InChI is InChI=1S/C23H23F3N4O2/c1-12(2)30(13(3)19-7-5-15(9-28-19)23(24,25)26)22(31)14-4-6-20-16(8-14)17-10-32-11-18(17)21(27)29-20/h4-9,12-13H,10-11H2,1-3H3,(H2,27,29)/t13-/m1/s1. The fourth-order valence-corrected chi connectivity index (χ4v) is 4.07. The largest absolute Gasteiger partial charge is 0.417 e. The molecular weight excluding hydrogens is 421 g/mol. The first-order valence-corrected chi connectivity index (χ1v) is 10.2. The number of nitrogens with two attached hydrogens (primary N) is 1. The summed E-state index contributed by atoms with van der Waals surface area (Å²) in [6.07, 6.45) is -3.67. The third kappa shape index (κ3) is 3.88. The van der Waals surface area contributed by atoms with E-state index < -0.39 is 17.8 Å². The summed E-state index contributed by atoms with van der Waals surface area (Å²) in [6.45, 7) is 6.25. The number of carbonyl (C=O) groups excluding carboxylic acids is 1. The minimum Gasteiger partial charge on any atom is -0.383 e. The quantitative estimate of drug-likeness (QED) is 0.621. The lowest BCUT2D eigenvalue weighted by Crippen LogP contribution is -2.39. The van der Waals surface area contributed by atoms with Crippen molar-refractivity contribution in [2.24, 2.45) is 0 Å². The van der Waals surface area contributed by atoms with Crippen molar-refractivity contribution in [1.29, 1.82) is 0 Å². The lowest BCUT2D eigenvalue weighted by Gasteiger charge is -2.33. The van der Waals surface area contributed by atoms with E-state index in [1.807, 2.05) is 13.8 Å². The number of benzene rings is 1. The molecule has 1 aromatic carbocycles. The van der Waals surface area contributed by atoms with Crippen LogP contribution in [0.3, 0.4) is 0 Å². The van der Waals surface area contributed by atoms with Crippen LogP contribution in [0, 0.1) is 0 Å². The first-order chi connectivity index (χ1) is 15.1. The van der Waals surface area contributed by atoms with E-state index in [9.17, 15) is 18.0 Å². The molecule has 3 heterocycles. The number of nitrogen functional groups attached to an aromatic ring is 1. The van der Waals surface area contributed by atoms with Crippen LogP contribution in [0.2, 0.25) is 0 Å². The third-order valence-corrected chi connectivity index (χ3v) is 5.73. The highest BCUT2D eigenvalue weighted by atomic mass is 19.4. The highest BCUT2D eigenvalue weighted by Crippen LogP contribution is 2.33. The Hall–Kier alpha value is -3.20. The van der Waals surface area contributed by atoms with Gasteiger partial charge in [0.25, 0.3) is 5.91 Å². The molecule has 0 fully saturated rings. The van der Waals surface area contributed by atoms with E-state index in [0.717, 1.165) is 28.8 Å². The van der Waals surface area contributed by atoms with E-state index in [0.29, 0.717) is 35.8 Å². The number of fused-ring (bicyclic) bond motifs is 3. The van der Waals surface area contributed by atoms with Crippen molar-refractivity contribution in [3.63, 3.8) is 0 Å². The minimum absolute atomic E-state index is 0.212. The van der Waals surface area contributed by atoms with Gasteiger partial charge in [0.2, 0.25) is 0 Å². The molecule has 1 aliphatic rings. The molecule has 1 atom stereocenters. The van der Waals surface area contributed by atoms with Crippen LogP contribution >= 0.6 is 0 Å². The summed E-state index contributed by atoms with van der Waals surface area (Å²) in [5, 5.41) is 0.807. The monoisotopic (exact) mass is 444 g/mol. The van der Waals surface area contributed by atoms with Crippen molar-refractivity contribution in [3.05, 3.63) is 64.5 Å². The molecule has 168 valence electrons. The van der Waals surface area contributed by atoms with E-state index >= 15 is 0 Å². The van der Waals surface area contributed by atoms with Crippen LogP contribution in [0.4, 0.5) is 19.0 Å². The van der Waals surface area contributed by atoms with Gasteiger partial charge in [0.15, 0.2) is 0 Å². The van der Waals surface area contributed by atoms with Crippen molar-refractivity contribution in [2.45, 2.75) is 52.2 Å². The Morgan fingerprint density at radius 2 is 1.84 bits per heavy atom. The van der Waals surface area contributed by atoms with Gasteiger partial charge in [-0.1, -0.05) is 0 Å². The number of carbonyl (C=O) groups is 1. The summed E-state index contributed by atoms with van der Waals surface area (Å²) < 4.78 is 44.1. The maximum atomic E-state index is 13.5. The van der Waals surface area contributed by atoms with Gasteiger partial charge in [0.1, 0.15) is 5.82 Å². The predicted octanol–water partition coefficient (Wildman–Crippen LogP) is 4.87. The number of alkyl halides is 3. The Kier molecular flexibility index (Phi) is 5.54. The Morgan fingerprint density at radius 1 is 1.12 bits per heavy atom. The van der Waals surface area contributed by atoms with Crippen LogP contribution in [0.5, 0.6) is 0 Å². The number of pyridine rings is 2. The highest BCUT2D eigenvalue weighted by molar-refractivity contribution is 5.99. The number of anilines is 1. The summed E-state index contributed by atoms with van der Waals surface area (Å²) in [6, 6.07) is 6.76. The lowest BCUT2D eigenvalue weighted by molar-refractivity contribution is -0.137. The number of hydrogen-bond donors (Lipinski definition) is 1. The van der Waals surface area contributed by atoms with Gasteiger partial charge in [-0.15, -0.1) is 0 Å². The summed E-state index contributed by atoms with van der Waals surface area (Å²) >= 11 is 0. The normalized spacial score (nSPS) is 14.6. The molecule has 1 amide bonds. The van der Waals surface area contributed by atoms with Gasteiger partial charge in [-0.25, -0.2) is 4.98 Å². The highest BCUT2D eigenvalue weighted by Gasteiger charge is 2.32. The first-order valence-electron chi connectivity index (χ1n) is 10.2. The van der Waals surface area contributed by atoms with Crippen LogP contribution < -0.4 is 5.73 Å². The summed E-state index contributed by atoms with van der Waals surface area (Å²) in [4.78, 5) is 23.5. The van der Waals surface area contributed by atoms with Crippen molar-refractivity contribution < 1.29 is 22.7 Å². The minimum atomic E-state index is -4.46. The topological polar surface area (TPSA) is 81.3 Å². The van der Waals surface area contributed by atoms with Crippen LogP contribution in [0.15, 0.2) is 36.5 Å². The molecule has 2 N–H and O–H groups in total. The van der Waals surface area contributed by atoms with Gasteiger partial charge in [0.05, 0.1) is 36.0 Å². The number of amides is 1. The average Bonchev–Trinajstić information content (AvgIpc) is 3.24. The molecule has 3 aromatic rings. The number of halogens is 3. The Bertz CT molecular complexity index is 1180. The zero-order chi connectivity index (χ0) is 23.2. The van der Waals surface area contributed by atoms with E-state index in [1.54, 1.807) is 30.0 Å². The second kappa shape index (κ2) is 8.05. The van der Waals surface area contributed by atoms with Gasteiger partial charge >= 0.3 is 6.18 Å². The zero-order valence-corrected chi connectivity index (χ0v) is 17.9. The van der Waals surface area contributed by atoms with Crippen LogP contribution in [-0.4, -0.2) is 26.8 Å². The molecule has 0 radical (unpaired) electrons. The Morgan fingerprint density at radius 3 is 2.47 bits per heavy atom. The zero-order valence-electron chi connectivity index (χ0n) is 17.9. The summed E-state index contributed by atoms with van der Waals surface area (Å²) in [5.74, 6) is 0.176. The van der Waals surface area contributed by atoms with Gasteiger partial charge in [-0.2, -0.15) is 13.2 Å². The van der Waals surface area contributed by atoms with Crippen LogP contribution in [-0.2, 0) is 24.1 Å². The van der Waals surface area contributed by atoms with Crippen LogP contribution in [0.1, 0.15) is 59.6 Å². The maximum Gasteiger partial charge on any atom is 0.417 e. The maximum absolute atomic E-state index is 13.5. The molecule has 9 heteroatoms. The van der Waals surface area contributed by atoms with Crippen molar-refractivity contribution in [1.82, 2.24) is 14.9 Å². The average molecular weight is 444 g/mol. The SMILES string of the molecule is CC(C)N(C(=O)c1ccc2nc(N)c3c(c2c1)COC3)[C@H](C)c1ccc(C(F)(F)F)cn1. The fourth-order valence-electron chi connectivity index (χ4n) is 4.07. The predicted molar refractivity (Wildman–Crippen MR) is 114 cm³/mol. The van der Waals surface area contributed by atoms with E-state index in [2.05, 4.69) is 9.97 Å². The molecule has 0 saturated carbocycles. The van der Waals surface area contributed by atoms with Crippen molar-refractivity contribution in [2.75, 3.05) is 5.73 Å². The van der Waals surface area contributed by atoms with E-state index in [1.165, 1.54) is 6.07 Å². The Balaban J connectivity index is 1.69. The van der Waals surface area contributed by atoms with E-state index in [-0.39, 0.29) is 11.9 Å². The second-order valence-corrected chi connectivity index (χ2v) is 8.13. The van der Waals surface area contributed by atoms with Crippen molar-refractivity contribution >= 4 is 22.6 Å². The first kappa shape index (κ1) is 22.0. The summed E-state index contributed by atoms with van der Waals surface area (Å²) in [5.41, 5.74) is 8.47. The molecule has 0 saturated heterocycles. The summed E-state index contributed by atoms with van der Waals surface area (Å²) in [7, 11) is 0. The van der Waals surface area contributed by atoms with E-state index in [4.69, 9.17) is 10.5 Å². The smallest absolute Gasteiger partial charge is 0.383 e. The molecule has 2 aromatic heterocycles. The lowest BCUT2D eigenvalue weighted by atomic mass is 10.0. The molecule has 0 aliphatic carbocycles. The van der Waals surface area contributed by atoms with Gasteiger partial charge in [-0.05, 0) is 56.7 Å². The molecule has 1 aliphatic heterocycles. The second-order valence-electron chi connectivity index (χ2n) is 8.13. The molecule has 0 unspecified atom stereocenters. The van der Waals surface area contributed by atoms with Crippen LogP contribution in [0.25, 0.3) is 10.9 Å². The number of aromatic nitrogens is 2. The molecule has 4 rings (SSSR count). The van der Waals surface area contributed by atoms with Gasteiger partial charge in [0, 0.05) is 28.8 Å². The molecule has 0 spiro atoms. The van der Waals surface area contributed by atoms with Crippen molar-refractivity contribution in [3.8, 4) is 0 Å². The fraction of sp³-hybridized carbons (Fsp3) is 0.348. The van der Waals surface area contributed by atoms with Gasteiger partial charge in [-0.3, -0.25) is 9.78 Å². The number of ether oxygens (including phenoxy) is 1. The number of hydrogen-bond acceptors (Lipinski definition) is 5. The number of nitrogens with zero attached hydrogens (tertiary/aromatic N) is 3. The number of rotatable bonds is 4.